The molecule has 13 heteroatoms. The van der Waals surface area contributed by atoms with Crippen LogP contribution in [-0.2, 0) is 14.4 Å². The molecule has 1 aliphatic carbocycles. The molecule has 0 spiro atoms. The molecule has 3 aromatic carbocycles. The van der Waals surface area contributed by atoms with Crippen molar-refractivity contribution in [1.29, 1.82) is 0 Å². The Morgan fingerprint density at radius 3 is 2.16 bits per heavy atom. The van der Waals surface area contributed by atoms with E-state index in [-0.39, 0.29) is 36.4 Å². The summed E-state index contributed by atoms with van der Waals surface area (Å²) in [7, 11) is 0. The molecule has 0 saturated heterocycles. The fourth-order valence-corrected chi connectivity index (χ4v) is 4.34. The second-order valence-corrected chi connectivity index (χ2v) is 9.79. The van der Waals surface area contributed by atoms with Crippen molar-refractivity contribution in [3.63, 3.8) is 0 Å². The zero-order valence-electron chi connectivity index (χ0n) is 23.7. The van der Waals surface area contributed by atoms with Crippen molar-refractivity contribution in [3.05, 3.63) is 78.5 Å². The largest absolute Gasteiger partial charge is 0.490 e. The highest BCUT2D eigenvalue weighted by atomic mass is 19.1. The van der Waals surface area contributed by atoms with Crippen LogP contribution in [0.4, 0.5) is 20.2 Å². The van der Waals surface area contributed by atoms with E-state index in [0.717, 1.165) is 6.07 Å². The van der Waals surface area contributed by atoms with Crippen LogP contribution in [-0.4, -0.2) is 41.1 Å². The number of benzene rings is 3. The van der Waals surface area contributed by atoms with Gasteiger partial charge in [0, 0.05) is 35.1 Å². The number of fused-ring (bicyclic) bond motifs is 1. The van der Waals surface area contributed by atoms with Gasteiger partial charge in [0.05, 0.1) is 25.2 Å². The van der Waals surface area contributed by atoms with Crippen LogP contribution in [0.25, 0.3) is 10.9 Å². The number of nitrogens with zero attached hydrogens (tertiary/aromatic N) is 1. The lowest BCUT2D eigenvalue weighted by atomic mass is 10.0. The van der Waals surface area contributed by atoms with Crippen molar-refractivity contribution in [3.8, 4) is 23.0 Å². The lowest BCUT2D eigenvalue weighted by molar-refractivity contribution is -0.137. The van der Waals surface area contributed by atoms with Gasteiger partial charge < -0.3 is 36.1 Å². The van der Waals surface area contributed by atoms with Crippen LogP contribution in [0.5, 0.6) is 23.0 Å². The third-order valence-corrected chi connectivity index (χ3v) is 6.77. The van der Waals surface area contributed by atoms with Gasteiger partial charge in [-0.1, -0.05) is 0 Å². The van der Waals surface area contributed by atoms with Crippen LogP contribution in [0, 0.1) is 17.0 Å². The Balaban J connectivity index is 0.00000442. The summed E-state index contributed by atoms with van der Waals surface area (Å²) in [6, 6.07) is 13.8. The summed E-state index contributed by atoms with van der Waals surface area (Å²) in [5, 5.41) is 14.6. The molecule has 2 amide bonds. The first kappa shape index (κ1) is 31.6. The number of hydrogen-bond acceptors (Lipinski definition) is 8. The first-order valence-electron chi connectivity index (χ1n) is 13.4. The molecule has 11 nitrogen and oxygen atoms in total. The smallest absolute Gasteiger partial charge is 0.306 e. The summed E-state index contributed by atoms with van der Waals surface area (Å²) in [6.45, 7) is 2.03. The first-order valence-corrected chi connectivity index (χ1v) is 13.4. The number of aliphatic carboxylic acids is 1. The van der Waals surface area contributed by atoms with Gasteiger partial charge in [-0.25, -0.2) is 8.78 Å². The summed E-state index contributed by atoms with van der Waals surface area (Å²) in [6.07, 6.45) is 1.92. The second-order valence-electron chi connectivity index (χ2n) is 9.79. The van der Waals surface area contributed by atoms with Gasteiger partial charge in [-0.3, -0.25) is 19.4 Å². The Labute approximate surface area is 250 Å². The molecule has 230 valence electrons. The number of rotatable bonds is 12. The van der Waals surface area contributed by atoms with E-state index in [9.17, 15) is 18.8 Å². The fraction of sp³-hybridized carbons (Fsp3) is 0.226. The SMILES string of the molecule is CCOc1cc2c(Oc3ccc(NC(=O)C4(C(=O)Nc5ccc(F)cc5)CC4)cc3F)ccnc2cc1OCCC(=O)O.N. The number of anilines is 2. The number of halogens is 2. The molecule has 4 aromatic rings. The van der Waals surface area contributed by atoms with E-state index in [1.54, 1.807) is 25.1 Å². The molecule has 1 aliphatic rings. The van der Waals surface area contributed by atoms with Gasteiger partial charge in [0.15, 0.2) is 23.1 Å². The molecule has 1 fully saturated rings. The Bertz CT molecular complexity index is 1700. The number of amides is 2. The molecule has 1 heterocycles. The summed E-state index contributed by atoms with van der Waals surface area (Å²) in [5.41, 5.74) is -0.358. The summed E-state index contributed by atoms with van der Waals surface area (Å²) < 4.78 is 45.4. The Morgan fingerprint density at radius 1 is 0.864 bits per heavy atom. The number of ether oxygens (including phenoxy) is 3. The fourth-order valence-electron chi connectivity index (χ4n) is 4.34. The standard InChI is InChI=1S/C31H27F2N3O7.H3N/c1-2-41-26-16-21-23(17-27(26)42-14-10-28(37)38)34-13-9-24(21)43-25-8-7-20(15-22(25)33)36-30(40)31(11-12-31)29(39)35-19-5-3-18(32)4-6-19;/h3-9,13,15-17H,2,10-12,14H2,1H3,(H,35,39)(H,36,40)(H,37,38);1H3. The summed E-state index contributed by atoms with van der Waals surface area (Å²) in [4.78, 5) is 41.0. The highest BCUT2D eigenvalue weighted by molar-refractivity contribution is 6.16. The van der Waals surface area contributed by atoms with Gasteiger partial charge in [-0.15, -0.1) is 0 Å². The minimum atomic E-state index is -1.30. The van der Waals surface area contributed by atoms with E-state index < -0.39 is 34.8 Å². The number of aromatic nitrogens is 1. The second kappa shape index (κ2) is 13.3. The molecule has 5 rings (SSSR count). The highest BCUT2D eigenvalue weighted by Crippen LogP contribution is 2.47. The van der Waals surface area contributed by atoms with Crippen LogP contribution in [0.15, 0.2) is 66.9 Å². The zero-order chi connectivity index (χ0) is 30.6. The van der Waals surface area contributed by atoms with E-state index in [1.807, 2.05) is 0 Å². The Morgan fingerprint density at radius 2 is 1.52 bits per heavy atom. The van der Waals surface area contributed by atoms with Gasteiger partial charge in [0.25, 0.3) is 0 Å². The van der Waals surface area contributed by atoms with Crippen LogP contribution >= 0.6 is 0 Å². The third-order valence-electron chi connectivity index (χ3n) is 6.77. The predicted molar refractivity (Wildman–Crippen MR) is 157 cm³/mol. The lowest BCUT2D eigenvalue weighted by Crippen LogP contribution is -2.35. The lowest BCUT2D eigenvalue weighted by Gasteiger charge is -2.16. The molecule has 0 aliphatic heterocycles. The highest BCUT2D eigenvalue weighted by Gasteiger charge is 2.56. The van der Waals surface area contributed by atoms with Gasteiger partial charge in [-0.2, -0.15) is 0 Å². The maximum absolute atomic E-state index is 15.2. The minimum absolute atomic E-state index is 0. The van der Waals surface area contributed by atoms with Crippen molar-refractivity contribution in [2.75, 3.05) is 23.8 Å². The molecule has 6 N–H and O–H groups in total. The van der Waals surface area contributed by atoms with Crippen LogP contribution in [0.3, 0.4) is 0 Å². The molecule has 0 bridgehead atoms. The monoisotopic (exact) mass is 608 g/mol. The van der Waals surface area contributed by atoms with E-state index >= 15 is 4.39 Å². The molecule has 1 saturated carbocycles. The van der Waals surface area contributed by atoms with Crippen molar-refractivity contribution in [2.24, 2.45) is 5.41 Å². The number of pyridine rings is 1. The van der Waals surface area contributed by atoms with Crippen LogP contribution in [0.2, 0.25) is 0 Å². The van der Waals surface area contributed by atoms with E-state index in [2.05, 4.69) is 15.6 Å². The van der Waals surface area contributed by atoms with Gasteiger partial charge in [0.2, 0.25) is 11.8 Å². The number of carbonyl (C=O) groups is 3. The van der Waals surface area contributed by atoms with Gasteiger partial charge in [0.1, 0.15) is 17.0 Å². The van der Waals surface area contributed by atoms with Crippen molar-refractivity contribution in [1.82, 2.24) is 11.1 Å². The van der Waals surface area contributed by atoms with E-state index in [1.165, 1.54) is 42.6 Å². The van der Waals surface area contributed by atoms with Crippen LogP contribution < -0.4 is 31.0 Å². The molecule has 0 radical (unpaired) electrons. The molecule has 1 aromatic heterocycles. The first-order chi connectivity index (χ1) is 20.7. The molecule has 0 atom stereocenters. The van der Waals surface area contributed by atoms with Gasteiger partial charge in [-0.05, 0) is 68.3 Å². The van der Waals surface area contributed by atoms with Crippen LogP contribution in [0.1, 0.15) is 26.2 Å². The number of carbonyl (C=O) groups excluding carboxylic acids is 2. The summed E-state index contributed by atoms with van der Waals surface area (Å²) >= 11 is 0. The third kappa shape index (κ3) is 7.01. The minimum Gasteiger partial charge on any atom is -0.490 e. The molecule has 44 heavy (non-hydrogen) atoms. The average Bonchev–Trinajstić information content (AvgIpc) is 3.79. The average molecular weight is 609 g/mol. The number of carboxylic acid groups (broad SMARTS) is 1. The maximum Gasteiger partial charge on any atom is 0.306 e. The quantitative estimate of drug-likeness (QED) is 0.139. The van der Waals surface area contributed by atoms with Crippen molar-refractivity contribution < 1.29 is 42.5 Å². The number of nitrogens with one attached hydrogen (secondary N) is 2. The Hall–Kier alpha value is -5.30. The van der Waals surface area contributed by atoms with E-state index in [0.29, 0.717) is 47.5 Å². The van der Waals surface area contributed by atoms with Gasteiger partial charge >= 0.3 is 5.97 Å². The molecule has 0 unspecified atom stereocenters. The summed E-state index contributed by atoms with van der Waals surface area (Å²) in [5.74, 6) is -2.52. The van der Waals surface area contributed by atoms with Crippen molar-refractivity contribution in [2.45, 2.75) is 26.2 Å². The number of carboxylic acids is 1. The molecular weight excluding hydrogens is 578 g/mol. The number of hydrogen-bond donors (Lipinski definition) is 4. The van der Waals surface area contributed by atoms with Crippen molar-refractivity contribution >= 4 is 40.1 Å². The topological polar surface area (TPSA) is 171 Å². The molecular formula is C31H30F2N4O7. The Kier molecular flexibility index (Phi) is 9.59. The normalized spacial score (nSPS) is 12.9. The van der Waals surface area contributed by atoms with E-state index in [4.69, 9.17) is 19.3 Å². The zero-order valence-corrected chi connectivity index (χ0v) is 23.7. The predicted octanol–water partition coefficient (Wildman–Crippen LogP) is 6.08. The maximum atomic E-state index is 15.2.